The van der Waals surface area contributed by atoms with Gasteiger partial charge in [-0.1, -0.05) is 67.8 Å². The van der Waals surface area contributed by atoms with Gasteiger partial charge in [0.2, 0.25) is 11.8 Å². The first kappa shape index (κ1) is 33.9. The summed E-state index contributed by atoms with van der Waals surface area (Å²) >= 11 is 6.02. The van der Waals surface area contributed by atoms with E-state index in [9.17, 15) is 31.2 Å². The van der Waals surface area contributed by atoms with Crippen molar-refractivity contribution in [3.05, 3.63) is 94.5 Å². The molecule has 232 valence electrons. The van der Waals surface area contributed by atoms with Crippen LogP contribution in [0, 0.1) is 6.92 Å². The summed E-state index contributed by atoms with van der Waals surface area (Å²) in [6.07, 6.45) is -2.96. The highest BCUT2D eigenvalue weighted by molar-refractivity contribution is 7.92. The van der Waals surface area contributed by atoms with Crippen LogP contribution in [0.1, 0.15) is 49.8 Å². The highest BCUT2D eigenvalue weighted by atomic mass is 35.5. The number of sulfonamides is 1. The second-order valence-electron chi connectivity index (χ2n) is 10.1. The van der Waals surface area contributed by atoms with E-state index in [0.717, 1.165) is 30.5 Å². The van der Waals surface area contributed by atoms with Gasteiger partial charge in [0.15, 0.2) is 0 Å². The number of unbranched alkanes of at least 4 members (excludes halogenated alkanes) is 1. The van der Waals surface area contributed by atoms with E-state index in [4.69, 9.17) is 11.6 Å². The molecule has 12 heteroatoms. The van der Waals surface area contributed by atoms with Gasteiger partial charge in [0.05, 0.1) is 16.1 Å². The maximum atomic E-state index is 14.0. The molecular weight excluding hydrogens is 603 g/mol. The number of nitrogens with one attached hydrogen (secondary N) is 1. The normalized spacial score (nSPS) is 12.4. The van der Waals surface area contributed by atoms with Crippen LogP contribution >= 0.6 is 11.6 Å². The fraction of sp³-hybridized carbons (Fsp3) is 0.355. The lowest BCUT2D eigenvalue weighted by Crippen LogP contribution is -2.52. The summed E-state index contributed by atoms with van der Waals surface area (Å²) in [6, 6.07) is 15.2. The van der Waals surface area contributed by atoms with E-state index in [1.807, 2.05) is 6.92 Å². The van der Waals surface area contributed by atoms with Crippen molar-refractivity contribution in [2.45, 2.75) is 63.7 Å². The quantitative estimate of drug-likeness (QED) is 0.214. The second-order valence-corrected chi connectivity index (χ2v) is 12.4. The Morgan fingerprint density at radius 1 is 0.977 bits per heavy atom. The second kappa shape index (κ2) is 14.7. The van der Waals surface area contributed by atoms with Crippen molar-refractivity contribution in [2.24, 2.45) is 0 Å². The third-order valence-electron chi connectivity index (χ3n) is 6.83. The number of aryl methyl sites for hydroxylation is 1. The smallest absolute Gasteiger partial charge is 0.354 e. The van der Waals surface area contributed by atoms with Crippen LogP contribution < -0.4 is 9.62 Å². The molecule has 43 heavy (non-hydrogen) atoms. The Morgan fingerprint density at radius 2 is 1.63 bits per heavy atom. The number of halogens is 4. The molecule has 2 amide bonds. The zero-order chi connectivity index (χ0) is 31.8. The zero-order valence-electron chi connectivity index (χ0n) is 24.2. The number of carbonyl (C=O) groups excluding carboxylic acids is 2. The molecule has 0 saturated heterocycles. The molecule has 3 rings (SSSR count). The van der Waals surface area contributed by atoms with E-state index in [2.05, 4.69) is 5.32 Å². The van der Waals surface area contributed by atoms with Gasteiger partial charge in [-0.05, 0) is 67.8 Å². The van der Waals surface area contributed by atoms with Crippen LogP contribution in [0.2, 0.25) is 5.02 Å². The maximum Gasteiger partial charge on any atom is 0.416 e. The predicted molar refractivity (Wildman–Crippen MR) is 161 cm³/mol. The molecule has 1 N–H and O–H groups in total. The first-order valence-corrected chi connectivity index (χ1v) is 15.7. The lowest BCUT2D eigenvalue weighted by Gasteiger charge is -2.33. The van der Waals surface area contributed by atoms with Gasteiger partial charge >= 0.3 is 6.18 Å². The third kappa shape index (κ3) is 8.96. The number of hydrogen-bond acceptors (Lipinski definition) is 4. The molecule has 1 atom stereocenters. The molecule has 3 aromatic rings. The Bertz CT molecular complexity index is 1500. The minimum Gasteiger partial charge on any atom is -0.354 e. The first-order chi connectivity index (χ1) is 20.3. The van der Waals surface area contributed by atoms with Gasteiger partial charge in [-0.3, -0.25) is 13.9 Å². The minimum absolute atomic E-state index is 0.0588. The van der Waals surface area contributed by atoms with E-state index in [0.29, 0.717) is 27.5 Å². The molecule has 0 saturated carbocycles. The van der Waals surface area contributed by atoms with Crippen LogP contribution in [0.25, 0.3) is 0 Å². The van der Waals surface area contributed by atoms with Crippen LogP contribution in [0.15, 0.2) is 77.7 Å². The van der Waals surface area contributed by atoms with Crippen molar-refractivity contribution in [1.82, 2.24) is 10.2 Å². The lowest BCUT2D eigenvalue weighted by molar-refractivity contribution is -0.140. The summed E-state index contributed by atoms with van der Waals surface area (Å²) in [5.74, 6) is -1.18. The standard InChI is InChI=1S/C31H35ClF3N3O4S/c1-4-6-18-36-30(40)28(5-2)37(20-23-12-14-25(32)15-13-23)29(39)21-38(26-9-7-8-24(19-26)31(33,34)35)43(41,42)27-16-10-22(3)11-17-27/h7-17,19,28H,4-6,18,20-21H2,1-3H3,(H,36,40). The maximum absolute atomic E-state index is 14.0. The minimum atomic E-state index is -4.75. The topological polar surface area (TPSA) is 86.8 Å². The van der Waals surface area contributed by atoms with Crippen molar-refractivity contribution < 1.29 is 31.2 Å². The van der Waals surface area contributed by atoms with Crippen LogP contribution in [0.4, 0.5) is 18.9 Å². The third-order valence-corrected chi connectivity index (χ3v) is 8.87. The molecule has 0 aliphatic rings. The highest BCUT2D eigenvalue weighted by Gasteiger charge is 2.36. The van der Waals surface area contributed by atoms with Gasteiger partial charge in [-0.25, -0.2) is 8.42 Å². The van der Waals surface area contributed by atoms with Crippen molar-refractivity contribution in [3.8, 4) is 0 Å². The highest BCUT2D eigenvalue weighted by Crippen LogP contribution is 2.33. The summed E-state index contributed by atoms with van der Waals surface area (Å²) in [6.45, 7) is 4.94. The van der Waals surface area contributed by atoms with Gasteiger partial charge in [0.25, 0.3) is 10.0 Å². The number of alkyl halides is 3. The molecule has 0 aliphatic heterocycles. The fourth-order valence-corrected chi connectivity index (χ4v) is 5.95. The van der Waals surface area contributed by atoms with E-state index >= 15 is 0 Å². The number of amides is 2. The largest absolute Gasteiger partial charge is 0.416 e. The van der Waals surface area contributed by atoms with Gasteiger partial charge in [0.1, 0.15) is 12.6 Å². The van der Waals surface area contributed by atoms with Crippen molar-refractivity contribution in [2.75, 3.05) is 17.4 Å². The average Bonchev–Trinajstić information content (AvgIpc) is 2.96. The van der Waals surface area contributed by atoms with Crippen molar-refractivity contribution in [1.29, 1.82) is 0 Å². The molecule has 3 aromatic carbocycles. The Morgan fingerprint density at radius 3 is 2.21 bits per heavy atom. The van der Waals surface area contributed by atoms with Gasteiger partial charge < -0.3 is 10.2 Å². The Balaban J connectivity index is 2.09. The van der Waals surface area contributed by atoms with Crippen LogP contribution in [0.3, 0.4) is 0 Å². The summed E-state index contributed by atoms with van der Waals surface area (Å²) in [5, 5.41) is 3.29. The molecular formula is C31H35ClF3N3O4S. The molecule has 0 spiro atoms. The number of nitrogens with zero attached hydrogens (tertiary/aromatic N) is 2. The monoisotopic (exact) mass is 637 g/mol. The van der Waals surface area contributed by atoms with E-state index in [1.54, 1.807) is 50.2 Å². The van der Waals surface area contributed by atoms with Gasteiger partial charge in [0, 0.05) is 18.1 Å². The van der Waals surface area contributed by atoms with Gasteiger partial charge in [-0.15, -0.1) is 0 Å². The number of anilines is 1. The van der Waals surface area contributed by atoms with Crippen molar-refractivity contribution >= 4 is 39.1 Å². The number of benzene rings is 3. The van der Waals surface area contributed by atoms with Gasteiger partial charge in [-0.2, -0.15) is 13.2 Å². The summed E-state index contributed by atoms with van der Waals surface area (Å²) in [4.78, 5) is 28.3. The fourth-order valence-electron chi connectivity index (χ4n) is 4.42. The first-order valence-electron chi connectivity index (χ1n) is 13.9. The molecule has 0 fully saturated rings. The zero-order valence-corrected chi connectivity index (χ0v) is 25.8. The van der Waals surface area contributed by atoms with E-state index in [-0.39, 0.29) is 23.5 Å². The average molecular weight is 638 g/mol. The summed E-state index contributed by atoms with van der Waals surface area (Å²) in [7, 11) is -4.51. The number of hydrogen-bond donors (Lipinski definition) is 1. The molecule has 0 aromatic heterocycles. The van der Waals surface area contributed by atoms with Crippen molar-refractivity contribution in [3.63, 3.8) is 0 Å². The Labute approximate surface area is 255 Å². The Kier molecular flexibility index (Phi) is 11.6. The molecule has 0 aliphatic carbocycles. The number of rotatable bonds is 13. The molecule has 7 nitrogen and oxygen atoms in total. The van der Waals surface area contributed by atoms with Crippen LogP contribution in [0.5, 0.6) is 0 Å². The molecule has 0 heterocycles. The van der Waals surface area contributed by atoms with E-state index in [1.165, 1.54) is 23.1 Å². The number of carbonyl (C=O) groups is 2. The van der Waals surface area contributed by atoms with E-state index < -0.39 is 46.2 Å². The summed E-state index contributed by atoms with van der Waals surface area (Å²) in [5.41, 5.74) is -0.00354. The van der Waals surface area contributed by atoms with Crippen LogP contribution in [-0.4, -0.2) is 44.3 Å². The predicted octanol–water partition coefficient (Wildman–Crippen LogP) is 6.59. The summed E-state index contributed by atoms with van der Waals surface area (Å²) < 4.78 is 69.3. The molecule has 0 bridgehead atoms. The SMILES string of the molecule is CCCCNC(=O)C(CC)N(Cc1ccc(Cl)cc1)C(=O)CN(c1cccc(C(F)(F)F)c1)S(=O)(=O)c1ccc(C)cc1. The lowest BCUT2D eigenvalue weighted by atomic mass is 10.1. The Hall–Kier alpha value is -3.57. The van der Waals surface area contributed by atoms with Crippen LogP contribution in [-0.2, 0) is 32.3 Å². The molecule has 0 radical (unpaired) electrons. The molecule has 1 unspecified atom stereocenters.